The average molecular weight is 397 g/mol. The van der Waals surface area contributed by atoms with Gasteiger partial charge in [-0.15, -0.1) is 0 Å². The Morgan fingerprint density at radius 1 is 0.893 bits per heavy atom. The van der Waals surface area contributed by atoms with Crippen LogP contribution in [-0.4, -0.2) is 19.5 Å². The first-order valence-electron chi connectivity index (χ1n) is 8.47. The lowest BCUT2D eigenvalue weighted by atomic mass is 10.0. The summed E-state index contributed by atoms with van der Waals surface area (Å²) in [7, 11) is -4.20. The van der Waals surface area contributed by atoms with Gasteiger partial charge in [-0.2, -0.15) is 4.72 Å². The van der Waals surface area contributed by atoms with Crippen molar-refractivity contribution in [1.29, 1.82) is 0 Å². The number of carboxylic acids is 1. The average Bonchev–Trinajstić information content (AvgIpc) is 2.69. The molecule has 6 nitrogen and oxygen atoms in total. The van der Waals surface area contributed by atoms with Crippen molar-refractivity contribution in [2.45, 2.75) is 17.5 Å². The lowest BCUT2D eigenvalue weighted by Gasteiger charge is -2.31. The molecule has 3 aromatic rings. The van der Waals surface area contributed by atoms with E-state index in [1.807, 2.05) is 6.92 Å². The highest BCUT2D eigenvalue weighted by molar-refractivity contribution is 7.89. The van der Waals surface area contributed by atoms with Gasteiger partial charge in [-0.1, -0.05) is 66.2 Å². The van der Waals surface area contributed by atoms with Crippen molar-refractivity contribution in [3.8, 4) is 5.75 Å². The molecule has 0 radical (unpaired) electrons. The van der Waals surface area contributed by atoms with Crippen molar-refractivity contribution in [1.82, 2.24) is 4.72 Å². The van der Waals surface area contributed by atoms with Crippen LogP contribution in [0.5, 0.6) is 5.75 Å². The van der Waals surface area contributed by atoms with Gasteiger partial charge < -0.3 is 9.84 Å². The lowest BCUT2D eigenvalue weighted by molar-refractivity contribution is -0.157. The SMILES string of the molecule is Cc1ccc(S(=O)(=O)NC(Oc2ccccc2)(C(=O)O)c2ccccc2)cc1. The number of hydrogen-bond acceptors (Lipinski definition) is 4. The van der Waals surface area contributed by atoms with Crippen molar-refractivity contribution < 1.29 is 23.1 Å². The van der Waals surface area contributed by atoms with Crippen LogP contribution in [0.25, 0.3) is 0 Å². The first kappa shape index (κ1) is 19.6. The number of benzene rings is 3. The normalized spacial score (nSPS) is 13.5. The number of ether oxygens (including phenoxy) is 1. The molecule has 0 aliphatic carbocycles. The number of para-hydroxylation sites is 1. The van der Waals surface area contributed by atoms with Crippen LogP contribution in [0.3, 0.4) is 0 Å². The molecule has 0 saturated carbocycles. The third-order valence-electron chi connectivity index (χ3n) is 4.11. The highest BCUT2D eigenvalue weighted by Gasteiger charge is 2.47. The van der Waals surface area contributed by atoms with Gasteiger partial charge in [-0.3, -0.25) is 0 Å². The second-order valence-electron chi connectivity index (χ2n) is 6.19. The predicted octanol–water partition coefficient (Wildman–Crippen LogP) is 3.29. The summed E-state index contributed by atoms with van der Waals surface area (Å²) in [5.74, 6) is -1.28. The molecule has 28 heavy (non-hydrogen) atoms. The summed E-state index contributed by atoms with van der Waals surface area (Å²) in [4.78, 5) is 12.3. The molecule has 1 unspecified atom stereocenters. The molecule has 3 aromatic carbocycles. The molecular formula is C21H19NO5S. The highest BCUT2D eigenvalue weighted by Crippen LogP contribution is 2.29. The largest absolute Gasteiger partial charge is 0.477 e. The van der Waals surface area contributed by atoms with Gasteiger partial charge >= 0.3 is 5.97 Å². The van der Waals surface area contributed by atoms with Crippen LogP contribution in [0.2, 0.25) is 0 Å². The van der Waals surface area contributed by atoms with Crippen molar-refractivity contribution in [3.05, 3.63) is 96.1 Å². The molecule has 3 rings (SSSR count). The molecule has 0 aliphatic heterocycles. The van der Waals surface area contributed by atoms with Crippen molar-refractivity contribution in [3.63, 3.8) is 0 Å². The fourth-order valence-electron chi connectivity index (χ4n) is 2.65. The summed E-state index contributed by atoms with van der Waals surface area (Å²) < 4.78 is 33.9. The third-order valence-corrected chi connectivity index (χ3v) is 5.55. The molecule has 0 bridgehead atoms. The molecule has 1 atom stereocenters. The summed E-state index contributed by atoms with van der Waals surface area (Å²) in [5, 5.41) is 10.0. The van der Waals surface area contributed by atoms with E-state index in [1.165, 1.54) is 24.3 Å². The molecule has 0 aromatic heterocycles. The molecule has 0 aliphatic rings. The first-order valence-corrected chi connectivity index (χ1v) is 9.95. The Morgan fingerprint density at radius 2 is 1.43 bits per heavy atom. The fraction of sp³-hybridized carbons (Fsp3) is 0.0952. The Kier molecular flexibility index (Phi) is 5.48. The van der Waals surface area contributed by atoms with Crippen molar-refractivity contribution in [2.24, 2.45) is 0 Å². The smallest absolute Gasteiger partial charge is 0.370 e. The van der Waals surface area contributed by atoms with Crippen LogP contribution < -0.4 is 9.46 Å². The van der Waals surface area contributed by atoms with E-state index in [9.17, 15) is 18.3 Å². The van der Waals surface area contributed by atoms with Gasteiger partial charge in [0.15, 0.2) is 0 Å². The van der Waals surface area contributed by atoms with Crippen LogP contribution in [0.15, 0.2) is 89.8 Å². The van der Waals surface area contributed by atoms with Crippen molar-refractivity contribution in [2.75, 3.05) is 0 Å². The molecule has 0 saturated heterocycles. The van der Waals surface area contributed by atoms with E-state index in [0.29, 0.717) is 0 Å². The third kappa shape index (κ3) is 4.05. The van der Waals surface area contributed by atoms with E-state index in [2.05, 4.69) is 4.72 Å². The lowest BCUT2D eigenvalue weighted by Crippen LogP contribution is -2.56. The molecule has 7 heteroatoms. The number of aryl methyl sites for hydroxylation is 1. The molecule has 0 fully saturated rings. The van der Waals surface area contributed by atoms with E-state index in [0.717, 1.165) is 5.56 Å². The van der Waals surface area contributed by atoms with Gasteiger partial charge in [0.2, 0.25) is 10.0 Å². The van der Waals surface area contributed by atoms with Crippen LogP contribution >= 0.6 is 0 Å². The number of sulfonamides is 1. The van der Waals surface area contributed by atoms with Crippen LogP contribution in [0, 0.1) is 6.92 Å². The van der Waals surface area contributed by atoms with Crippen LogP contribution in [-0.2, 0) is 20.5 Å². The maximum absolute atomic E-state index is 13.0. The van der Waals surface area contributed by atoms with Crippen molar-refractivity contribution >= 4 is 16.0 Å². The molecular weight excluding hydrogens is 378 g/mol. The summed E-state index contributed by atoms with van der Waals surface area (Å²) in [5.41, 5.74) is -1.32. The first-order chi connectivity index (χ1) is 13.3. The fourth-order valence-corrected chi connectivity index (χ4v) is 3.89. The van der Waals surface area contributed by atoms with E-state index in [-0.39, 0.29) is 16.2 Å². The van der Waals surface area contributed by atoms with Gasteiger partial charge in [0.05, 0.1) is 4.90 Å². The number of carboxylic acid groups (broad SMARTS) is 1. The number of rotatable bonds is 7. The zero-order valence-corrected chi connectivity index (χ0v) is 15.9. The topological polar surface area (TPSA) is 92.7 Å². The second kappa shape index (κ2) is 7.84. The monoisotopic (exact) mass is 397 g/mol. The van der Waals surface area contributed by atoms with E-state index in [4.69, 9.17) is 4.74 Å². The van der Waals surface area contributed by atoms with E-state index < -0.39 is 21.7 Å². The molecule has 144 valence electrons. The minimum absolute atomic E-state index is 0.0590. The zero-order chi connectivity index (χ0) is 20.2. The van der Waals surface area contributed by atoms with Gasteiger partial charge in [-0.05, 0) is 31.2 Å². The maximum Gasteiger partial charge on any atom is 0.370 e. The number of carbonyl (C=O) groups is 1. The highest BCUT2D eigenvalue weighted by atomic mass is 32.2. The Labute approximate surface area is 163 Å². The standard InChI is InChI=1S/C21H19NO5S/c1-16-12-14-19(15-13-16)28(25,26)22-21(20(23)24,17-8-4-2-5-9-17)27-18-10-6-3-7-11-18/h2-15,22H,1H3,(H,23,24). The summed E-state index contributed by atoms with van der Waals surface area (Å²) in [6, 6.07) is 22.2. The molecule has 0 heterocycles. The van der Waals surface area contributed by atoms with E-state index >= 15 is 0 Å². The van der Waals surface area contributed by atoms with Gasteiger partial charge in [-0.25, -0.2) is 13.2 Å². The number of hydrogen-bond donors (Lipinski definition) is 2. The molecule has 0 spiro atoms. The second-order valence-corrected chi connectivity index (χ2v) is 7.87. The minimum Gasteiger partial charge on any atom is -0.477 e. The summed E-state index contributed by atoms with van der Waals surface area (Å²) in [6.45, 7) is 1.83. The van der Waals surface area contributed by atoms with Gasteiger partial charge in [0.1, 0.15) is 5.75 Å². The number of aliphatic carboxylic acids is 1. The summed E-state index contributed by atoms with van der Waals surface area (Å²) >= 11 is 0. The van der Waals surface area contributed by atoms with Crippen LogP contribution in [0.1, 0.15) is 11.1 Å². The predicted molar refractivity (Wildman–Crippen MR) is 104 cm³/mol. The Hall–Kier alpha value is -3.16. The van der Waals surface area contributed by atoms with Crippen LogP contribution in [0.4, 0.5) is 0 Å². The van der Waals surface area contributed by atoms with E-state index in [1.54, 1.807) is 60.7 Å². The van der Waals surface area contributed by atoms with Gasteiger partial charge in [0, 0.05) is 5.56 Å². The maximum atomic E-state index is 13.0. The summed E-state index contributed by atoms with van der Waals surface area (Å²) in [6.07, 6.45) is 0. The Morgan fingerprint density at radius 3 is 1.96 bits per heavy atom. The van der Waals surface area contributed by atoms with Gasteiger partial charge in [0.25, 0.3) is 5.72 Å². The Balaban J connectivity index is 2.12. The number of nitrogens with one attached hydrogen (secondary N) is 1. The Bertz CT molecular complexity index is 1050. The quantitative estimate of drug-likeness (QED) is 0.597. The zero-order valence-electron chi connectivity index (χ0n) is 15.1. The molecule has 0 amide bonds. The molecule has 2 N–H and O–H groups in total. The minimum atomic E-state index is -4.20.